The number of nitrogens with zero attached hydrogens (tertiary/aromatic N) is 2. The molecule has 2 aromatic rings. The van der Waals surface area contributed by atoms with Gasteiger partial charge in [-0.1, -0.05) is 24.3 Å². The molecular formula is C15H13N3O3. The Morgan fingerprint density at radius 2 is 1.90 bits per heavy atom. The van der Waals surface area contributed by atoms with Gasteiger partial charge in [0.15, 0.2) is 0 Å². The van der Waals surface area contributed by atoms with Crippen LogP contribution in [-0.4, -0.2) is 15.7 Å². The average molecular weight is 283 g/mol. The Labute approximate surface area is 120 Å². The summed E-state index contributed by atoms with van der Waals surface area (Å²) in [4.78, 5) is 10.2. The number of non-ortho nitro benzene ring substituents is 1. The lowest BCUT2D eigenvalue weighted by Gasteiger charge is -2.09. The van der Waals surface area contributed by atoms with E-state index in [1.165, 1.54) is 12.1 Å². The van der Waals surface area contributed by atoms with Crippen molar-refractivity contribution >= 4 is 11.4 Å². The molecular weight excluding hydrogens is 270 g/mol. The van der Waals surface area contributed by atoms with Crippen molar-refractivity contribution in [1.82, 2.24) is 5.43 Å². The molecule has 6 nitrogen and oxygen atoms in total. The maximum atomic E-state index is 10.6. The van der Waals surface area contributed by atoms with Crippen LogP contribution in [0.25, 0.3) is 0 Å². The molecule has 21 heavy (non-hydrogen) atoms. The van der Waals surface area contributed by atoms with E-state index in [1.54, 1.807) is 24.3 Å². The molecule has 106 valence electrons. The van der Waals surface area contributed by atoms with Crippen molar-refractivity contribution in [2.45, 2.75) is 12.5 Å². The van der Waals surface area contributed by atoms with Gasteiger partial charge in [-0.25, -0.2) is 0 Å². The normalized spacial score (nSPS) is 17.1. The zero-order valence-corrected chi connectivity index (χ0v) is 11.1. The van der Waals surface area contributed by atoms with Gasteiger partial charge in [0.25, 0.3) is 5.69 Å². The number of rotatable bonds is 3. The number of hydrazone groups is 1. The van der Waals surface area contributed by atoms with E-state index >= 15 is 0 Å². The highest BCUT2D eigenvalue weighted by atomic mass is 16.6. The molecule has 0 radical (unpaired) electrons. The van der Waals surface area contributed by atoms with Crippen molar-refractivity contribution < 1.29 is 10.0 Å². The lowest BCUT2D eigenvalue weighted by molar-refractivity contribution is -0.384. The monoisotopic (exact) mass is 283 g/mol. The molecule has 1 heterocycles. The predicted molar refractivity (Wildman–Crippen MR) is 78.2 cm³/mol. The summed E-state index contributed by atoms with van der Waals surface area (Å²) in [5, 5.41) is 24.7. The molecule has 0 spiro atoms. The first-order valence-corrected chi connectivity index (χ1v) is 6.50. The number of nitro benzene ring substituents is 1. The topological polar surface area (TPSA) is 87.8 Å². The standard InChI is InChI=1S/C15H13N3O3/c19-15-4-2-1-3-12(15)14-9-13(16-17-14)10-5-7-11(8-6-10)18(20)21/h1-8,13,16,19H,9H2. The average Bonchev–Trinajstić information content (AvgIpc) is 2.97. The zero-order chi connectivity index (χ0) is 14.8. The number of nitro groups is 1. The highest BCUT2D eigenvalue weighted by molar-refractivity contribution is 6.03. The van der Waals surface area contributed by atoms with Gasteiger partial charge in [-0.05, 0) is 17.7 Å². The van der Waals surface area contributed by atoms with Crippen molar-refractivity contribution in [3.63, 3.8) is 0 Å². The van der Waals surface area contributed by atoms with Crippen LogP contribution in [-0.2, 0) is 0 Å². The molecule has 1 atom stereocenters. The van der Waals surface area contributed by atoms with Crippen molar-refractivity contribution in [3.05, 3.63) is 69.8 Å². The largest absolute Gasteiger partial charge is 0.507 e. The van der Waals surface area contributed by atoms with Gasteiger partial charge in [0.1, 0.15) is 5.75 Å². The summed E-state index contributed by atoms with van der Waals surface area (Å²) in [5.74, 6) is 0.197. The van der Waals surface area contributed by atoms with Crippen LogP contribution in [0.2, 0.25) is 0 Å². The van der Waals surface area contributed by atoms with Crippen LogP contribution >= 0.6 is 0 Å². The molecule has 0 aromatic heterocycles. The molecule has 2 aromatic carbocycles. The van der Waals surface area contributed by atoms with Gasteiger partial charge in [-0.3, -0.25) is 10.1 Å². The summed E-state index contributed by atoms with van der Waals surface area (Å²) in [6.45, 7) is 0. The van der Waals surface area contributed by atoms with Crippen molar-refractivity contribution in [2.75, 3.05) is 0 Å². The van der Waals surface area contributed by atoms with E-state index < -0.39 is 4.92 Å². The van der Waals surface area contributed by atoms with E-state index in [9.17, 15) is 15.2 Å². The number of phenols is 1. The van der Waals surface area contributed by atoms with E-state index in [0.717, 1.165) is 11.3 Å². The third-order valence-corrected chi connectivity index (χ3v) is 3.47. The Balaban J connectivity index is 1.77. The van der Waals surface area contributed by atoms with Gasteiger partial charge in [-0.15, -0.1) is 0 Å². The first-order valence-electron chi connectivity index (χ1n) is 6.50. The minimum atomic E-state index is -0.421. The Kier molecular flexibility index (Phi) is 3.27. The molecule has 0 amide bonds. The van der Waals surface area contributed by atoms with Crippen LogP contribution in [0, 0.1) is 10.1 Å². The van der Waals surface area contributed by atoms with Crippen LogP contribution in [0.15, 0.2) is 53.6 Å². The third kappa shape index (κ3) is 2.55. The molecule has 1 aliphatic heterocycles. The smallest absolute Gasteiger partial charge is 0.269 e. The van der Waals surface area contributed by atoms with Crippen molar-refractivity contribution in [2.24, 2.45) is 5.10 Å². The maximum absolute atomic E-state index is 10.6. The van der Waals surface area contributed by atoms with E-state index in [1.807, 2.05) is 12.1 Å². The fourth-order valence-corrected chi connectivity index (χ4v) is 2.35. The summed E-state index contributed by atoms with van der Waals surface area (Å²) in [6, 6.07) is 13.4. The van der Waals surface area contributed by atoms with E-state index in [0.29, 0.717) is 12.0 Å². The number of nitrogens with one attached hydrogen (secondary N) is 1. The van der Waals surface area contributed by atoms with Crippen LogP contribution in [0.1, 0.15) is 23.6 Å². The second kappa shape index (κ2) is 5.24. The number of benzene rings is 2. The predicted octanol–water partition coefficient (Wildman–Crippen LogP) is 2.74. The molecule has 1 unspecified atom stereocenters. The minimum Gasteiger partial charge on any atom is -0.507 e. The molecule has 1 aliphatic rings. The summed E-state index contributed by atoms with van der Waals surface area (Å²) < 4.78 is 0. The Morgan fingerprint density at radius 1 is 1.19 bits per heavy atom. The van der Waals surface area contributed by atoms with Gasteiger partial charge in [0.2, 0.25) is 0 Å². The third-order valence-electron chi connectivity index (χ3n) is 3.47. The highest BCUT2D eigenvalue weighted by Crippen LogP contribution is 2.28. The fraction of sp³-hybridized carbons (Fsp3) is 0.133. The minimum absolute atomic E-state index is 0.0413. The SMILES string of the molecule is O=[N+]([O-])c1ccc(C2CC(c3ccccc3O)=NN2)cc1. The highest BCUT2D eigenvalue weighted by Gasteiger charge is 2.23. The van der Waals surface area contributed by atoms with Crippen LogP contribution in [0.5, 0.6) is 5.75 Å². The van der Waals surface area contributed by atoms with E-state index in [2.05, 4.69) is 10.5 Å². The number of hydrogen-bond acceptors (Lipinski definition) is 5. The number of aromatic hydroxyl groups is 1. The number of hydrogen-bond donors (Lipinski definition) is 2. The van der Waals surface area contributed by atoms with Gasteiger partial charge in [-0.2, -0.15) is 5.10 Å². The van der Waals surface area contributed by atoms with Crippen molar-refractivity contribution in [3.8, 4) is 5.75 Å². The number of phenolic OH excluding ortho intramolecular Hbond substituents is 1. The molecule has 0 fully saturated rings. The summed E-state index contributed by atoms with van der Waals surface area (Å²) in [5.41, 5.74) is 5.48. The Morgan fingerprint density at radius 3 is 2.57 bits per heavy atom. The van der Waals surface area contributed by atoms with Crippen LogP contribution < -0.4 is 5.43 Å². The molecule has 6 heteroatoms. The fourth-order valence-electron chi connectivity index (χ4n) is 2.35. The number of para-hydroxylation sites is 1. The van der Waals surface area contributed by atoms with Gasteiger partial charge in [0.05, 0.1) is 16.7 Å². The molecule has 0 saturated heterocycles. The quantitative estimate of drug-likeness (QED) is 0.669. The lowest BCUT2D eigenvalue weighted by atomic mass is 9.98. The van der Waals surface area contributed by atoms with Gasteiger partial charge >= 0.3 is 0 Å². The van der Waals surface area contributed by atoms with Crippen LogP contribution in [0.4, 0.5) is 5.69 Å². The first-order chi connectivity index (χ1) is 10.1. The maximum Gasteiger partial charge on any atom is 0.269 e. The van der Waals surface area contributed by atoms with E-state index in [-0.39, 0.29) is 17.5 Å². The van der Waals surface area contributed by atoms with Gasteiger partial charge in [0, 0.05) is 24.1 Å². The molecule has 0 aliphatic carbocycles. The molecule has 3 rings (SSSR count). The molecule has 2 N–H and O–H groups in total. The van der Waals surface area contributed by atoms with E-state index in [4.69, 9.17) is 0 Å². The lowest BCUT2D eigenvalue weighted by Crippen LogP contribution is -2.09. The summed E-state index contributed by atoms with van der Waals surface area (Å²) >= 11 is 0. The summed E-state index contributed by atoms with van der Waals surface area (Å²) in [6.07, 6.45) is 0.620. The Hall–Kier alpha value is -2.89. The second-order valence-electron chi connectivity index (χ2n) is 4.81. The first kappa shape index (κ1) is 13.1. The molecule has 0 bridgehead atoms. The second-order valence-corrected chi connectivity index (χ2v) is 4.81. The molecule has 0 saturated carbocycles. The van der Waals surface area contributed by atoms with Gasteiger partial charge < -0.3 is 10.5 Å². The summed E-state index contributed by atoms with van der Waals surface area (Å²) in [7, 11) is 0. The van der Waals surface area contributed by atoms with Crippen molar-refractivity contribution in [1.29, 1.82) is 0 Å². The van der Waals surface area contributed by atoms with Crippen LogP contribution in [0.3, 0.4) is 0 Å². The Bertz CT molecular complexity index is 710. The zero-order valence-electron chi connectivity index (χ0n) is 11.1.